The van der Waals surface area contributed by atoms with Crippen molar-refractivity contribution < 1.29 is 13.2 Å². The van der Waals surface area contributed by atoms with E-state index in [2.05, 4.69) is 15.3 Å². The van der Waals surface area contributed by atoms with Gasteiger partial charge in [-0.05, 0) is 25.1 Å². The Kier molecular flexibility index (Phi) is 5.06. The van der Waals surface area contributed by atoms with Crippen LogP contribution in [0.2, 0.25) is 5.15 Å². The lowest BCUT2D eigenvalue weighted by molar-refractivity contribution is 0.0950. The summed E-state index contributed by atoms with van der Waals surface area (Å²) >= 11 is 5.98. The van der Waals surface area contributed by atoms with E-state index in [9.17, 15) is 13.2 Å². The van der Waals surface area contributed by atoms with Gasteiger partial charge in [-0.2, -0.15) is 0 Å². The molecule has 1 aromatic carbocycles. The van der Waals surface area contributed by atoms with E-state index in [0.717, 1.165) is 3.97 Å². The number of aryl methyl sites for hydroxylation is 1. The molecular weight excluding hydrogens is 376 g/mol. The smallest absolute Gasteiger partial charge is 0.267 e. The molecule has 0 fully saturated rings. The summed E-state index contributed by atoms with van der Waals surface area (Å²) in [5.74, 6) is -0.439. The van der Waals surface area contributed by atoms with Crippen LogP contribution in [0.3, 0.4) is 0 Å². The first kappa shape index (κ1) is 18.1. The largest absolute Gasteiger partial charge is 0.346 e. The lowest BCUT2D eigenvalue weighted by Gasteiger charge is -2.06. The number of nitrogens with one attached hydrogen (secondary N) is 1. The Hall–Kier alpha value is -2.71. The van der Waals surface area contributed by atoms with Gasteiger partial charge in [0.2, 0.25) is 0 Å². The van der Waals surface area contributed by atoms with Crippen molar-refractivity contribution in [1.29, 1.82) is 0 Å². The van der Waals surface area contributed by atoms with Crippen LogP contribution in [0.25, 0.3) is 0 Å². The molecule has 2 heterocycles. The first-order valence-corrected chi connectivity index (χ1v) is 9.44. The summed E-state index contributed by atoms with van der Waals surface area (Å²) in [7, 11) is -3.74. The minimum absolute atomic E-state index is 0.0849. The van der Waals surface area contributed by atoms with Crippen molar-refractivity contribution in [1.82, 2.24) is 19.3 Å². The van der Waals surface area contributed by atoms with Crippen LogP contribution in [0.15, 0.2) is 59.9 Å². The van der Waals surface area contributed by atoms with Gasteiger partial charge in [0.05, 0.1) is 28.4 Å². The van der Waals surface area contributed by atoms with Crippen molar-refractivity contribution in [2.24, 2.45) is 0 Å². The predicted octanol–water partition coefficient (Wildman–Crippen LogP) is 2.41. The first-order valence-electron chi connectivity index (χ1n) is 7.63. The van der Waals surface area contributed by atoms with Crippen LogP contribution in [-0.2, 0) is 16.6 Å². The molecule has 9 heteroatoms. The Balaban J connectivity index is 1.74. The first-order chi connectivity index (χ1) is 12.4. The molecule has 134 valence electrons. The van der Waals surface area contributed by atoms with Crippen LogP contribution < -0.4 is 5.32 Å². The topological polar surface area (TPSA) is 94.0 Å². The van der Waals surface area contributed by atoms with Gasteiger partial charge in [0.15, 0.2) is 5.15 Å². The molecule has 0 aliphatic rings. The van der Waals surface area contributed by atoms with Crippen LogP contribution in [0.1, 0.15) is 21.7 Å². The molecule has 3 rings (SSSR count). The highest BCUT2D eigenvalue weighted by Crippen LogP contribution is 2.15. The second-order valence-corrected chi connectivity index (χ2v) is 7.68. The summed E-state index contributed by atoms with van der Waals surface area (Å²) in [5.41, 5.74) is 1.32. The zero-order valence-corrected chi connectivity index (χ0v) is 15.3. The van der Waals surface area contributed by atoms with Gasteiger partial charge in [0.25, 0.3) is 15.9 Å². The second kappa shape index (κ2) is 7.27. The van der Waals surface area contributed by atoms with E-state index in [1.165, 1.54) is 30.6 Å². The van der Waals surface area contributed by atoms with E-state index in [-0.39, 0.29) is 22.2 Å². The zero-order chi connectivity index (χ0) is 18.7. The standard InChI is InChI=1S/C17H15ClN4O3S/c1-12-9-19-15(16(18)21-12)10-20-17(23)13-7-8-22(11-13)26(24,25)14-5-3-2-4-6-14/h2-9,11H,10H2,1H3,(H,20,23). The van der Waals surface area contributed by atoms with Crippen molar-refractivity contribution >= 4 is 27.5 Å². The number of benzene rings is 1. The fourth-order valence-corrected chi connectivity index (χ4v) is 3.70. The number of halogens is 1. The Morgan fingerprint density at radius 1 is 1.23 bits per heavy atom. The van der Waals surface area contributed by atoms with Crippen LogP contribution >= 0.6 is 11.6 Å². The maximum Gasteiger partial charge on any atom is 0.267 e. The van der Waals surface area contributed by atoms with Crippen LogP contribution in [0.5, 0.6) is 0 Å². The van der Waals surface area contributed by atoms with Crippen molar-refractivity contribution in [3.05, 3.63) is 77.1 Å². The molecule has 0 saturated heterocycles. The summed E-state index contributed by atoms with van der Waals surface area (Å²) in [6.07, 6.45) is 4.15. The molecule has 0 saturated carbocycles. The van der Waals surface area contributed by atoms with Gasteiger partial charge in [-0.1, -0.05) is 29.8 Å². The SMILES string of the molecule is Cc1cnc(CNC(=O)c2ccn(S(=O)(=O)c3ccccc3)c2)c(Cl)n1. The molecule has 2 aromatic heterocycles. The van der Waals surface area contributed by atoms with Gasteiger partial charge in [-0.15, -0.1) is 0 Å². The average Bonchev–Trinajstić information content (AvgIpc) is 3.12. The molecule has 0 bridgehead atoms. The van der Waals surface area contributed by atoms with Gasteiger partial charge in [0, 0.05) is 18.6 Å². The van der Waals surface area contributed by atoms with Crippen molar-refractivity contribution in [2.45, 2.75) is 18.4 Å². The molecule has 0 unspecified atom stereocenters. The Morgan fingerprint density at radius 3 is 2.65 bits per heavy atom. The van der Waals surface area contributed by atoms with E-state index in [0.29, 0.717) is 11.4 Å². The van der Waals surface area contributed by atoms with Crippen molar-refractivity contribution in [2.75, 3.05) is 0 Å². The minimum Gasteiger partial charge on any atom is -0.346 e. The molecule has 0 aliphatic carbocycles. The minimum atomic E-state index is -3.74. The van der Waals surface area contributed by atoms with Crippen LogP contribution in [0.4, 0.5) is 0 Å². The normalized spacial score (nSPS) is 11.3. The van der Waals surface area contributed by atoms with Gasteiger partial charge in [-0.25, -0.2) is 17.4 Å². The highest BCUT2D eigenvalue weighted by atomic mass is 35.5. The lowest BCUT2D eigenvalue weighted by atomic mass is 10.3. The number of amides is 1. The predicted molar refractivity (Wildman–Crippen MR) is 96.4 cm³/mol. The average molecular weight is 391 g/mol. The molecule has 3 aromatic rings. The van der Waals surface area contributed by atoms with E-state index in [1.54, 1.807) is 31.3 Å². The molecule has 1 N–H and O–H groups in total. The molecule has 0 atom stereocenters. The Morgan fingerprint density at radius 2 is 1.96 bits per heavy atom. The summed E-state index contributed by atoms with van der Waals surface area (Å²) in [6.45, 7) is 1.85. The van der Waals surface area contributed by atoms with E-state index >= 15 is 0 Å². The molecular formula is C17H15ClN4O3S. The second-order valence-electron chi connectivity index (χ2n) is 5.48. The fourth-order valence-electron chi connectivity index (χ4n) is 2.23. The molecule has 1 amide bonds. The highest BCUT2D eigenvalue weighted by Gasteiger charge is 2.18. The molecule has 7 nitrogen and oxygen atoms in total. The van der Waals surface area contributed by atoms with E-state index in [4.69, 9.17) is 11.6 Å². The number of carbonyl (C=O) groups is 1. The van der Waals surface area contributed by atoms with Crippen LogP contribution in [0, 0.1) is 6.92 Å². The number of rotatable bonds is 5. The molecule has 0 aliphatic heterocycles. The number of carbonyl (C=O) groups excluding carboxylic acids is 1. The molecule has 0 radical (unpaired) electrons. The summed E-state index contributed by atoms with van der Waals surface area (Å²) in [6, 6.07) is 9.41. The number of hydrogen-bond donors (Lipinski definition) is 1. The van der Waals surface area contributed by atoms with Gasteiger partial charge >= 0.3 is 0 Å². The summed E-state index contributed by atoms with van der Waals surface area (Å²) in [4.78, 5) is 20.6. The van der Waals surface area contributed by atoms with Crippen LogP contribution in [-0.4, -0.2) is 28.3 Å². The van der Waals surface area contributed by atoms with Gasteiger partial charge in [-0.3, -0.25) is 9.78 Å². The maximum atomic E-state index is 12.5. The summed E-state index contributed by atoms with van der Waals surface area (Å²) in [5, 5.41) is 2.86. The van der Waals surface area contributed by atoms with E-state index in [1.807, 2.05) is 0 Å². The molecule has 0 spiro atoms. The molecule has 26 heavy (non-hydrogen) atoms. The lowest BCUT2D eigenvalue weighted by Crippen LogP contribution is -2.23. The zero-order valence-electron chi connectivity index (χ0n) is 13.8. The Labute approximate surface area is 155 Å². The maximum absolute atomic E-state index is 12.5. The van der Waals surface area contributed by atoms with Crippen molar-refractivity contribution in [3.8, 4) is 0 Å². The van der Waals surface area contributed by atoms with Gasteiger partial charge < -0.3 is 5.32 Å². The van der Waals surface area contributed by atoms with Crippen molar-refractivity contribution in [3.63, 3.8) is 0 Å². The quantitative estimate of drug-likeness (QED) is 0.722. The monoisotopic (exact) mass is 390 g/mol. The third kappa shape index (κ3) is 3.76. The fraction of sp³-hybridized carbons (Fsp3) is 0.118. The third-order valence-electron chi connectivity index (χ3n) is 3.58. The number of aromatic nitrogens is 3. The number of hydrogen-bond acceptors (Lipinski definition) is 5. The van der Waals surface area contributed by atoms with Gasteiger partial charge in [0.1, 0.15) is 0 Å². The Bertz CT molecular complexity index is 1050. The number of nitrogens with zero attached hydrogens (tertiary/aromatic N) is 3. The van der Waals surface area contributed by atoms with E-state index < -0.39 is 15.9 Å². The highest BCUT2D eigenvalue weighted by molar-refractivity contribution is 7.90. The third-order valence-corrected chi connectivity index (χ3v) is 5.54. The summed E-state index contributed by atoms with van der Waals surface area (Å²) < 4.78 is 26.1.